The smallest absolute Gasteiger partial charge is 0.241 e. The van der Waals surface area contributed by atoms with Gasteiger partial charge in [0.1, 0.15) is 6.17 Å². The molecule has 0 aromatic carbocycles. The molecule has 1 N–H and O–H groups in total. The van der Waals surface area contributed by atoms with E-state index in [-0.39, 0.29) is 24.2 Å². The Kier molecular flexibility index (Phi) is 4.63. The SMILES string of the molecule is CCC(C)N1C(=O)C(CC(C)C)NC1c1cccs1. The van der Waals surface area contributed by atoms with Crippen molar-refractivity contribution in [3.8, 4) is 0 Å². The normalized spacial score (nSPS) is 25.3. The number of carbonyl (C=O) groups is 1. The average molecular weight is 280 g/mol. The van der Waals surface area contributed by atoms with Gasteiger partial charge in [0.2, 0.25) is 5.91 Å². The fourth-order valence-corrected chi connectivity index (χ4v) is 3.41. The quantitative estimate of drug-likeness (QED) is 0.896. The first-order valence-electron chi connectivity index (χ1n) is 7.16. The van der Waals surface area contributed by atoms with E-state index in [0.29, 0.717) is 5.92 Å². The summed E-state index contributed by atoms with van der Waals surface area (Å²) in [5, 5.41) is 5.60. The summed E-state index contributed by atoms with van der Waals surface area (Å²) in [5.74, 6) is 0.795. The van der Waals surface area contributed by atoms with Crippen LogP contribution in [0, 0.1) is 5.92 Å². The molecule has 3 nitrogen and oxygen atoms in total. The van der Waals surface area contributed by atoms with Gasteiger partial charge in [-0.1, -0.05) is 26.8 Å². The third-order valence-corrected chi connectivity index (χ3v) is 4.70. The molecule has 1 aliphatic rings. The van der Waals surface area contributed by atoms with Crippen LogP contribution in [0.25, 0.3) is 0 Å². The Morgan fingerprint density at radius 3 is 2.68 bits per heavy atom. The summed E-state index contributed by atoms with van der Waals surface area (Å²) < 4.78 is 0. The topological polar surface area (TPSA) is 32.3 Å². The van der Waals surface area contributed by atoms with E-state index >= 15 is 0 Å². The van der Waals surface area contributed by atoms with Crippen LogP contribution in [0.4, 0.5) is 0 Å². The number of nitrogens with zero attached hydrogens (tertiary/aromatic N) is 1. The minimum Gasteiger partial charge on any atom is -0.318 e. The molecule has 0 saturated carbocycles. The maximum atomic E-state index is 12.6. The van der Waals surface area contributed by atoms with Crippen LogP contribution in [0.3, 0.4) is 0 Å². The van der Waals surface area contributed by atoms with Crippen LogP contribution in [0.2, 0.25) is 0 Å². The van der Waals surface area contributed by atoms with Gasteiger partial charge in [-0.2, -0.15) is 0 Å². The standard InChI is InChI=1S/C15H24N2OS/c1-5-11(4)17-14(13-7-6-8-19-13)16-12(15(17)18)9-10(2)3/h6-8,10-12,14,16H,5,9H2,1-4H3. The molecular formula is C15H24N2OS. The van der Waals surface area contributed by atoms with E-state index in [1.807, 2.05) is 4.90 Å². The van der Waals surface area contributed by atoms with Gasteiger partial charge >= 0.3 is 0 Å². The summed E-state index contributed by atoms with van der Waals surface area (Å²) in [4.78, 5) is 15.9. The van der Waals surface area contributed by atoms with Gasteiger partial charge in [0.05, 0.1) is 6.04 Å². The Hall–Kier alpha value is -0.870. The molecule has 0 spiro atoms. The lowest BCUT2D eigenvalue weighted by atomic mass is 10.0. The maximum absolute atomic E-state index is 12.6. The molecule has 4 heteroatoms. The third kappa shape index (κ3) is 3.00. The molecule has 3 unspecified atom stereocenters. The minimum atomic E-state index is -0.0268. The van der Waals surface area contributed by atoms with Gasteiger partial charge in [-0.3, -0.25) is 10.1 Å². The summed E-state index contributed by atoms with van der Waals surface area (Å²) >= 11 is 1.72. The van der Waals surface area contributed by atoms with Crippen LogP contribution in [0.5, 0.6) is 0 Å². The predicted octanol–water partition coefficient (Wildman–Crippen LogP) is 3.39. The van der Waals surface area contributed by atoms with E-state index in [9.17, 15) is 4.79 Å². The molecule has 1 aliphatic heterocycles. The van der Waals surface area contributed by atoms with E-state index in [4.69, 9.17) is 0 Å². The van der Waals surface area contributed by atoms with Crippen molar-refractivity contribution in [2.75, 3.05) is 0 Å². The molecule has 1 aromatic heterocycles. The van der Waals surface area contributed by atoms with Crippen molar-refractivity contribution in [3.05, 3.63) is 22.4 Å². The fraction of sp³-hybridized carbons (Fsp3) is 0.667. The molecule has 1 aromatic rings. The van der Waals surface area contributed by atoms with Gasteiger partial charge in [0, 0.05) is 10.9 Å². The highest BCUT2D eigenvalue weighted by molar-refractivity contribution is 7.10. The lowest BCUT2D eigenvalue weighted by Gasteiger charge is -2.29. The molecule has 0 radical (unpaired) electrons. The first kappa shape index (κ1) is 14.5. The van der Waals surface area contributed by atoms with Gasteiger partial charge < -0.3 is 4.90 Å². The Morgan fingerprint density at radius 2 is 2.16 bits per heavy atom. The van der Waals surface area contributed by atoms with E-state index in [1.54, 1.807) is 11.3 Å². The highest BCUT2D eigenvalue weighted by Crippen LogP contribution is 2.32. The zero-order valence-electron chi connectivity index (χ0n) is 12.2. The van der Waals surface area contributed by atoms with Crippen molar-refractivity contribution in [3.63, 3.8) is 0 Å². The van der Waals surface area contributed by atoms with Crippen LogP contribution in [-0.4, -0.2) is 22.9 Å². The third-order valence-electron chi connectivity index (χ3n) is 3.78. The molecular weight excluding hydrogens is 256 g/mol. The van der Waals surface area contributed by atoms with Crippen LogP contribution in [-0.2, 0) is 4.79 Å². The highest BCUT2D eigenvalue weighted by Gasteiger charge is 2.41. The number of carbonyl (C=O) groups excluding carboxylic acids is 1. The van der Waals surface area contributed by atoms with Crippen molar-refractivity contribution in [2.45, 2.75) is 58.8 Å². The van der Waals surface area contributed by atoms with Gasteiger partial charge in [-0.15, -0.1) is 11.3 Å². The number of rotatable bonds is 5. The Balaban J connectivity index is 2.23. The number of hydrogen-bond donors (Lipinski definition) is 1. The molecule has 1 amide bonds. The number of thiophene rings is 1. The summed E-state index contributed by atoms with van der Waals surface area (Å²) in [7, 11) is 0. The highest BCUT2D eigenvalue weighted by atomic mass is 32.1. The largest absolute Gasteiger partial charge is 0.318 e. The second kappa shape index (κ2) is 6.06. The zero-order valence-corrected chi connectivity index (χ0v) is 13.0. The Labute approximate surface area is 120 Å². The monoisotopic (exact) mass is 280 g/mol. The van der Waals surface area contributed by atoms with Crippen LogP contribution in [0.15, 0.2) is 17.5 Å². The lowest BCUT2D eigenvalue weighted by Crippen LogP contribution is -2.38. The molecule has 1 fully saturated rings. The van der Waals surface area contributed by atoms with Crippen molar-refractivity contribution in [1.29, 1.82) is 0 Å². The van der Waals surface area contributed by atoms with Gasteiger partial charge in [-0.05, 0) is 37.1 Å². The van der Waals surface area contributed by atoms with Crippen LogP contribution >= 0.6 is 11.3 Å². The van der Waals surface area contributed by atoms with Gasteiger partial charge in [-0.25, -0.2) is 0 Å². The molecule has 3 atom stereocenters. The maximum Gasteiger partial charge on any atom is 0.241 e. The molecule has 0 bridgehead atoms. The first-order valence-corrected chi connectivity index (χ1v) is 8.04. The molecule has 2 rings (SSSR count). The number of hydrogen-bond acceptors (Lipinski definition) is 3. The van der Waals surface area contributed by atoms with Crippen molar-refractivity contribution in [1.82, 2.24) is 10.2 Å². The molecule has 106 valence electrons. The van der Waals surface area contributed by atoms with Gasteiger partial charge in [0.25, 0.3) is 0 Å². The fourth-order valence-electron chi connectivity index (χ4n) is 2.62. The molecule has 0 aliphatic carbocycles. The van der Waals surface area contributed by atoms with Crippen LogP contribution < -0.4 is 5.32 Å². The summed E-state index contributed by atoms with van der Waals surface area (Å²) in [6.07, 6.45) is 1.96. The van der Waals surface area contributed by atoms with Crippen molar-refractivity contribution < 1.29 is 4.79 Å². The first-order chi connectivity index (χ1) is 9.04. The predicted molar refractivity (Wildman–Crippen MR) is 80.0 cm³/mol. The second-order valence-corrected chi connectivity index (χ2v) is 6.75. The van der Waals surface area contributed by atoms with E-state index < -0.39 is 0 Å². The number of nitrogens with one attached hydrogen (secondary N) is 1. The van der Waals surface area contributed by atoms with Crippen LogP contribution in [0.1, 0.15) is 51.6 Å². The van der Waals surface area contributed by atoms with E-state index in [1.165, 1.54) is 4.88 Å². The van der Waals surface area contributed by atoms with Crippen molar-refractivity contribution in [2.24, 2.45) is 5.92 Å². The summed E-state index contributed by atoms with van der Waals surface area (Å²) in [6, 6.07) is 4.42. The average Bonchev–Trinajstić information content (AvgIpc) is 2.97. The lowest BCUT2D eigenvalue weighted by molar-refractivity contribution is -0.132. The molecule has 2 heterocycles. The second-order valence-electron chi connectivity index (χ2n) is 5.77. The van der Waals surface area contributed by atoms with Gasteiger partial charge in [0.15, 0.2) is 0 Å². The Bertz CT molecular complexity index is 416. The molecule has 1 saturated heterocycles. The Morgan fingerprint density at radius 1 is 1.42 bits per heavy atom. The minimum absolute atomic E-state index is 0.0268. The van der Waals surface area contributed by atoms with Crippen molar-refractivity contribution >= 4 is 17.2 Å². The summed E-state index contributed by atoms with van der Waals surface area (Å²) in [6.45, 7) is 8.61. The molecule has 19 heavy (non-hydrogen) atoms. The van der Waals surface area contributed by atoms with E-state index in [2.05, 4.69) is 50.5 Å². The van der Waals surface area contributed by atoms with E-state index in [0.717, 1.165) is 12.8 Å². The number of amides is 1. The summed E-state index contributed by atoms with van der Waals surface area (Å²) in [5.41, 5.74) is 0. The zero-order chi connectivity index (χ0) is 14.0.